The normalized spacial score (nSPS) is 31.2. The summed E-state index contributed by atoms with van der Waals surface area (Å²) in [6.07, 6.45) is -5.65. The lowest BCUT2D eigenvalue weighted by atomic mass is 9.90. The van der Waals surface area contributed by atoms with Gasteiger partial charge < -0.3 is 43.5 Å². The van der Waals surface area contributed by atoms with Crippen LogP contribution < -0.4 is 0 Å². The molecule has 1 rings (SSSR count). The fourth-order valence-electron chi connectivity index (χ4n) is 1.96. The quantitative estimate of drug-likeness (QED) is 0.251. The van der Waals surface area contributed by atoms with Gasteiger partial charge in [-0.2, -0.15) is 0 Å². The smallest absolute Gasteiger partial charge is 0.322 e. The van der Waals surface area contributed by atoms with Crippen molar-refractivity contribution in [2.45, 2.75) is 37.3 Å². The van der Waals surface area contributed by atoms with Crippen molar-refractivity contribution in [1.82, 2.24) is 0 Å². The molecule has 4 atom stereocenters. The Balaban J connectivity index is 2.97. The van der Waals surface area contributed by atoms with E-state index in [0.717, 1.165) is 0 Å². The lowest BCUT2D eigenvalue weighted by molar-refractivity contribution is -0.116. The molecular weight excluding hydrogens is 421 g/mol. The van der Waals surface area contributed by atoms with E-state index in [4.69, 9.17) is 23.4 Å². The summed E-state index contributed by atoms with van der Waals surface area (Å²) in [4.78, 5) is 55.1. The average Bonchev–Trinajstić information content (AvgIpc) is 2.22. The molecule has 0 unspecified atom stereocenters. The van der Waals surface area contributed by atoms with E-state index < -0.39 is 44.6 Å². The zero-order valence-electron chi connectivity index (χ0n) is 10.6. The molecule has 1 fully saturated rings. The van der Waals surface area contributed by atoms with Gasteiger partial charge in [-0.3, -0.25) is 4.52 Å². The summed E-state index contributed by atoms with van der Waals surface area (Å²) >= 11 is 12.9. The van der Waals surface area contributed by atoms with Gasteiger partial charge in [0, 0.05) is 0 Å². The Morgan fingerprint density at radius 3 is 1.45 bits per heavy atom. The van der Waals surface area contributed by atoms with Crippen LogP contribution in [0.5, 0.6) is 0 Å². The Bertz CT molecular complexity index is 526. The third-order valence-corrected chi connectivity index (χ3v) is 5.01. The molecule has 0 saturated heterocycles. The molecule has 0 heterocycles. The minimum absolute atomic E-state index is 0.0136. The highest BCUT2D eigenvalue weighted by Crippen LogP contribution is 2.49. The van der Waals surface area contributed by atoms with Crippen molar-refractivity contribution in [3.63, 3.8) is 0 Å². The Hall–Kier alpha value is 1.55. The first-order valence-corrected chi connectivity index (χ1v) is 13.5. The van der Waals surface area contributed by atoms with E-state index in [1.54, 1.807) is 0 Å². The van der Waals surface area contributed by atoms with Crippen LogP contribution in [-0.2, 0) is 49.0 Å². The molecule has 0 aromatic rings. The lowest BCUT2D eigenvalue weighted by Gasteiger charge is -2.40. The SMILES string of the molecule is O[C@@H]1[C@@H](OP(O)(O)=S)[C@H](OP(O)(O)=S)CC[C@H]1OP(O)(O)=S. The predicted molar refractivity (Wildman–Crippen MR) is 86.0 cm³/mol. The summed E-state index contributed by atoms with van der Waals surface area (Å²) in [6.45, 7) is -12.4. The van der Waals surface area contributed by atoms with Crippen LogP contribution >= 0.6 is 20.2 Å². The summed E-state index contributed by atoms with van der Waals surface area (Å²) in [5, 5.41) is 10.1. The standard InChI is InChI=1S/C6H15O10P3S3/c7-5-3(14-17(8,9)20)1-2-4(15-18(10,11)21)6(5)16-19(12,13)22/h3-7H,1-2H2,(H2,8,9,20)(H2,10,11,21)(H2,12,13,22)/t3-,4-,5+,6+/m1/s1. The Labute approximate surface area is 141 Å². The second-order valence-corrected chi connectivity index (χ2v) is 12.3. The number of aliphatic hydroxyl groups is 1. The van der Waals surface area contributed by atoms with Crippen molar-refractivity contribution in [3.8, 4) is 0 Å². The monoisotopic (exact) mass is 436 g/mol. The first-order chi connectivity index (χ1) is 9.68. The second kappa shape index (κ2) is 7.84. The second-order valence-electron chi connectivity index (χ2n) is 4.40. The van der Waals surface area contributed by atoms with E-state index in [9.17, 15) is 24.7 Å². The Morgan fingerprint density at radius 2 is 1.05 bits per heavy atom. The van der Waals surface area contributed by atoms with E-state index in [2.05, 4.69) is 35.4 Å². The minimum Gasteiger partial charge on any atom is -0.388 e. The van der Waals surface area contributed by atoms with Crippen LogP contribution in [0.4, 0.5) is 0 Å². The van der Waals surface area contributed by atoms with Crippen LogP contribution in [0.3, 0.4) is 0 Å². The minimum atomic E-state index is -4.24. The predicted octanol–water partition coefficient (Wildman–Crippen LogP) is -1.08. The summed E-state index contributed by atoms with van der Waals surface area (Å²) in [7, 11) is 0. The zero-order chi connectivity index (χ0) is 17.3. The highest BCUT2D eigenvalue weighted by molar-refractivity contribution is 8.07. The summed E-state index contributed by atoms with van der Waals surface area (Å²) in [5.74, 6) is 0. The number of rotatable bonds is 6. The van der Waals surface area contributed by atoms with Gasteiger partial charge in [-0.25, -0.2) is 0 Å². The van der Waals surface area contributed by atoms with Crippen molar-refractivity contribution >= 4 is 55.6 Å². The van der Waals surface area contributed by atoms with Crippen molar-refractivity contribution in [3.05, 3.63) is 0 Å². The molecule has 0 bridgehead atoms. The molecule has 0 spiro atoms. The van der Waals surface area contributed by atoms with E-state index in [1.165, 1.54) is 0 Å². The molecule has 16 heteroatoms. The van der Waals surface area contributed by atoms with Crippen molar-refractivity contribution in [2.24, 2.45) is 0 Å². The van der Waals surface area contributed by atoms with E-state index in [0.29, 0.717) is 0 Å². The van der Waals surface area contributed by atoms with Crippen molar-refractivity contribution in [2.75, 3.05) is 0 Å². The molecule has 7 N–H and O–H groups in total. The number of aliphatic hydroxyl groups excluding tert-OH is 1. The van der Waals surface area contributed by atoms with Gasteiger partial charge in [0.1, 0.15) is 12.2 Å². The molecule has 10 nitrogen and oxygen atoms in total. The maximum atomic E-state index is 10.1. The molecular formula is C6H15O10P3S3. The van der Waals surface area contributed by atoms with Gasteiger partial charge in [-0.05, 0) is 48.3 Å². The fraction of sp³-hybridized carbons (Fsp3) is 1.00. The van der Waals surface area contributed by atoms with Gasteiger partial charge in [0.05, 0.1) is 12.2 Å². The molecule has 132 valence electrons. The largest absolute Gasteiger partial charge is 0.388 e. The highest BCUT2D eigenvalue weighted by atomic mass is 32.5. The van der Waals surface area contributed by atoms with Crippen LogP contribution in [-0.4, -0.2) is 58.9 Å². The maximum absolute atomic E-state index is 10.1. The molecule has 22 heavy (non-hydrogen) atoms. The first-order valence-electron chi connectivity index (χ1n) is 5.58. The molecule has 1 aliphatic carbocycles. The summed E-state index contributed by atoms with van der Waals surface area (Å²) in [5.41, 5.74) is 0. The molecule has 0 aromatic carbocycles. The van der Waals surface area contributed by atoms with Crippen LogP contribution in [0.2, 0.25) is 0 Å². The van der Waals surface area contributed by atoms with Gasteiger partial charge in [-0.15, -0.1) is 0 Å². The molecule has 1 aliphatic rings. The molecule has 0 aromatic heterocycles. The molecule has 0 amide bonds. The first kappa shape index (κ1) is 21.6. The molecule has 0 aliphatic heterocycles. The van der Waals surface area contributed by atoms with Crippen molar-refractivity contribution < 1.29 is 48.0 Å². The van der Waals surface area contributed by atoms with E-state index in [-0.39, 0.29) is 12.8 Å². The highest BCUT2D eigenvalue weighted by Gasteiger charge is 2.45. The topological polar surface area (TPSA) is 169 Å². The summed E-state index contributed by atoms with van der Waals surface area (Å²) in [6, 6.07) is 0. The van der Waals surface area contributed by atoms with Crippen LogP contribution in [0.1, 0.15) is 12.8 Å². The van der Waals surface area contributed by atoms with Crippen LogP contribution in [0, 0.1) is 0 Å². The van der Waals surface area contributed by atoms with Gasteiger partial charge in [-0.1, -0.05) is 0 Å². The van der Waals surface area contributed by atoms with Gasteiger partial charge in [0.15, 0.2) is 0 Å². The molecule has 1 saturated carbocycles. The zero-order valence-corrected chi connectivity index (χ0v) is 15.8. The van der Waals surface area contributed by atoms with Gasteiger partial charge in [0.25, 0.3) is 0 Å². The average molecular weight is 436 g/mol. The van der Waals surface area contributed by atoms with E-state index in [1.807, 2.05) is 0 Å². The van der Waals surface area contributed by atoms with E-state index >= 15 is 0 Å². The summed E-state index contributed by atoms with van der Waals surface area (Å²) < 4.78 is 14.3. The number of hydrogen-bond acceptors (Lipinski definition) is 7. The fourth-order valence-corrected chi connectivity index (χ4v) is 4.66. The Kier molecular flexibility index (Phi) is 7.69. The van der Waals surface area contributed by atoms with Crippen molar-refractivity contribution in [1.29, 1.82) is 0 Å². The Morgan fingerprint density at radius 1 is 0.682 bits per heavy atom. The van der Waals surface area contributed by atoms with Gasteiger partial charge >= 0.3 is 20.2 Å². The lowest BCUT2D eigenvalue weighted by Crippen LogP contribution is -2.51. The molecule has 0 radical (unpaired) electrons. The van der Waals surface area contributed by atoms with Crippen LogP contribution in [0.25, 0.3) is 0 Å². The van der Waals surface area contributed by atoms with Gasteiger partial charge in [0.2, 0.25) is 0 Å². The van der Waals surface area contributed by atoms with Crippen LogP contribution in [0.15, 0.2) is 0 Å². The number of hydrogen-bond donors (Lipinski definition) is 7. The third-order valence-electron chi connectivity index (χ3n) is 2.62. The maximum Gasteiger partial charge on any atom is 0.322 e. The third kappa shape index (κ3) is 8.09.